The molecule has 1 atom stereocenters. The molecule has 28 heavy (non-hydrogen) atoms. The summed E-state index contributed by atoms with van der Waals surface area (Å²) in [6.45, 7) is 3.93. The Hall–Kier alpha value is -1.46. The fourth-order valence-corrected chi connectivity index (χ4v) is 5.67. The number of nitrogens with zero attached hydrogens (tertiary/aromatic N) is 3. The van der Waals surface area contributed by atoms with Gasteiger partial charge in [0, 0.05) is 38.1 Å². The van der Waals surface area contributed by atoms with Crippen molar-refractivity contribution in [2.24, 2.45) is 5.92 Å². The Balaban J connectivity index is 1.22. The van der Waals surface area contributed by atoms with Crippen LogP contribution >= 0.6 is 0 Å². The molecule has 1 amide bonds. The minimum absolute atomic E-state index is 0.0160. The average molecular weight is 384 g/mol. The number of amides is 1. The van der Waals surface area contributed by atoms with E-state index in [1.54, 1.807) is 0 Å². The van der Waals surface area contributed by atoms with Gasteiger partial charge in [0.15, 0.2) is 6.10 Å². The highest BCUT2D eigenvalue weighted by Crippen LogP contribution is 2.48. The Kier molecular flexibility index (Phi) is 5.14. The lowest BCUT2D eigenvalue weighted by molar-refractivity contribution is -0.211. The van der Waals surface area contributed by atoms with Gasteiger partial charge in [0.25, 0.3) is 5.91 Å². The van der Waals surface area contributed by atoms with Crippen LogP contribution in [0.4, 0.5) is 0 Å². The van der Waals surface area contributed by atoms with Gasteiger partial charge in [0.1, 0.15) is 0 Å². The maximum absolute atomic E-state index is 13.1. The van der Waals surface area contributed by atoms with Gasteiger partial charge in [-0.3, -0.25) is 14.7 Å². The predicted octanol–water partition coefficient (Wildman–Crippen LogP) is 3.39. The van der Waals surface area contributed by atoms with Gasteiger partial charge in [-0.25, -0.2) is 0 Å². The normalized spacial score (nSPS) is 28.5. The minimum Gasteiger partial charge on any atom is -0.366 e. The molecule has 1 spiro atoms. The number of carbonyl (C=O) groups excluding carboxylic acids is 1. The largest absolute Gasteiger partial charge is 0.366 e. The summed E-state index contributed by atoms with van der Waals surface area (Å²) in [5.74, 6) is 1.01. The molecule has 4 fully saturated rings. The van der Waals surface area contributed by atoms with Gasteiger partial charge >= 0.3 is 0 Å². The zero-order chi connectivity index (χ0) is 19.0. The zero-order valence-electron chi connectivity index (χ0n) is 16.9. The van der Waals surface area contributed by atoms with Gasteiger partial charge in [-0.15, -0.1) is 0 Å². The summed E-state index contributed by atoms with van der Waals surface area (Å²) in [5.41, 5.74) is 1.34. The smallest absolute Gasteiger partial charge is 0.254 e. The van der Waals surface area contributed by atoms with E-state index in [1.165, 1.54) is 37.7 Å². The van der Waals surface area contributed by atoms with Gasteiger partial charge in [-0.1, -0.05) is 19.3 Å². The first-order valence-corrected chi connectivity index (χ1v) is 11.3. The second-order valence-corrected chi connectivity index (χ2v) is 9.39. The fraction of sp³-hybridized carbons (Fsp3) is 0.739. The van der Waals surface area contributed by atoms with E-state index in [2.05, 4.69) is 26.9 Å². The third-order valence-corrected chi connectivity index (χ3v) is 7.42. The second kappa shape index (κ2) is 7.75. The molecule has 5 nitrogen and oxygen atoms in total. The van der Waals surface area contributed by atoms with Crippen molar-refractivity contribution in [1.82, 2.24) is 14.8 Å². The molecule has 1 unspecified atom stereocenters. The van der Waals surface area contributed by atoms with Crippen LogP contribution in [-0.4, -0.2) is 58.1 Å². The summed E-state index contributed by atoms with van der Waals surface area (Å²) in [4.78, 5) is 22.0. The molecule has 4 aliphatic rings. The van der Waals surface area contributed by atoms with Crippen molar-refractivity contribution in [2.45, 2.75) is 82.0 Å². The van der Waals surface area contributed by atoms with Crippen LogP contribution in [0.15, 0.2) is 24.5 Å². The van der Waals surface area contributed by atoms with Gasteiger partial charge < -0.3 is 9.64 Å². The van der Waals surface area contributed by atoms with Crippen molar-refractivity contribution >= 4 is 5.91 Å². The van der Waals surface area contributed by atoms with E-state index in [-0.39, 0.29) is 17.6 Å². The highest BCUT2D eigenvalue weighted by Gasteiger charge is 2.62. The first-order chi connectivity index (χ1) is 13.8. The van der Waals surface area contributed by atoms with E-state index >= 15 is 0 Å². The number of β-lactam (4-membered cyclic amide) rings is 1. The number of piperidine rings is 1. The van der Waals surface area contributed by atoms with Crippen LogP contribution in [0.3, 0.4) is 0 Å². The summed E-state index contributed by atoms with van der Waals surface area (Å²) in [6, 6.07) is 4.60. The van der Waals surface area contributed by atoms with Crippen LogP contribution in [0.25, 0.3) is 0 Å². The third-order valence-electron chi connectivity index (χ3n) is 7.42. The highest BCUT2D eigenvalue weighted by atomic mass is 16.5. The van der Waals surface area contributed by atoms with E-state index in [0.717, 1.165) is 57.8 Å². The van der Waals surface area contributed by atoms with Gasteiger partial charge in [-0.2, -0.15) is 0 Å². The number of aromatic nitrogens is 1. The number of pyridine rings is 1. The summed E-state index contributed by atoms with van der Waals surface area (Å²) < 4.78 is 6.22. The van der Waals surface area contributed by atoms with E-state index < -0.39 is 0 Å². The van der Waals surface area contributed by atoms with E-state index in [1.807, 2.05) is 12.4 Å². The van der Waals surface area contributed by atoms with Crippen LogP contribution in [0, 0.1) is 5.92 Å². The predicted molar refractivity (Wildman–Crippen MR) is 108 cm³/mol. The molecular weight excluding hydrogens is 350 g/mol. The van der Waals surface area contributed by atoms with Crippen molar-refractivity contribution in [3.63, 3.8) is 0 Å². The van der Waals surface area contributed by atoms with Crippen LogP contribution in [0.5, 0.6) is 0 Å². The van der Waals surface area contributed by atoms with E-state index in [0.29, 0.717) is 6.04 Å². The maximum atomic E-state index is 13.1. The summed E-state index contributed by atoms with van der Waals surface area (Å²) in [7, 11) is 0. The van der Waals surface area contributed by atoms with E-state index in [4.69, 9.17) is 4.74 Å². The average Bonchev–Trinajstić information content (AvgIpc) is 3.56. The van der Waals surface area contributed by atoms with Crippen molar-refractivity contribution in [1.29, 1.82) is 0 Å². The molecule has 0 N–H and O–H groups in total. The quantitative estimate of drug-likeness (QED) is 0.707. The van der Waals surface area contributed by atoms with Crippen molar-refractivity contribution in [2.75, 3.05) is 19.7 Å². The number of likely N-dealkylation sites (tertiary alicyclic amines) is 2. The molecule has 2 aliphatic heterocycles. The Morgan fingerprint density at radius 1 is 1.04 bits per heavy atom. The number of ether oxygens (including phenoxy) is 1. The molecule has 2 aliphatic carbocycles. The molecule has 5 heteroatoms. The molecule has 152 valence electrons. The summed E-state index contributed by atoms with van der Waals surface area (Å²) in [6.07, 6.45) is 14.4. The topological polar surface area (TPSA) is 45.7 Å². The first-order valence-electron chi connectivity index (χ1n) is 11.3. The monoisotopic (exact) mass is 383 g/mol. The Labute approximate surface area is 168 Å². The number of carbonyl (C=O) groups is 1. The van der Waals surface area contributed by atoms with Crippen molar-refractivity contribution in [3.05, 3.63) is 30.1 Å². The molecule has 1 aromatic heterocycles. The standard InChI is InChI=1S/C23H33N3O2/c27-22-21(28-17-19-4-5-19)23(10-2-1-3-11-23)26(22)20-8-14-25(15-9-20)16-18-6-12-24-13-7-18/h6-7,12-13,19-21H,1-5,8-11,14-17H2. The molecule has 0 bridgehead atoms. The molecule has 0 aromatic carbocycles. The first kappa shape index (κ1) is 18.6. The SMILES string of the molecule is O=C1C(OCC2CC2)C2(CCCCC2)N1C1CCN(Cc2ccncc2)CC1. The molecule has 2 saturated carbocycles. The molecule has 1 aromatic rings. The summed E-state index contributed by atoms with van der Waals surface area (Å²) in [5, 5.41) is 0. The number of hydrogen-bond acceptors (Lipinski definition) is 4. The maximum Gasteiger partial charge on any atom is 0.254 e. The third kappa shape index (κ3) is 3.48. The number of hydrogen-bond donors (Lipinski definition) is 0. The Bertz CT molecular complexity index is 676. The Morgan fingerprint density at radius 3 is 2.43 bits per heavy atom. The van der Waals surface area contributed by atoms with Gasteiger partial charge in [0.2, 0.25) is 0 Å². The van der Waals surface area contributed by atoms with Crippen LogP contribution in [-0.2, 0) is 16.1 Å². The second-order valence-electron chi connectivity index (χ2n) is 9.39. The van der Waals surface area contributed by atoms with E-state index in [9.17, 15) is 4.79 Å². The molecule has 5 rings (SSSR count). The molecule has 2 saturated heterocycles. The highest BCUT2D eigenvalue weighted by molar-refractivity contribution is 5.90. The lowest BCUT2D eigenvalue weighted by Crippen LogP contribution is -2.78. The minimum atomic E-state index is -0.150. The van der Waals surface area contributed by atoms with Crippen LogP contribution in [0.2, 0.25) is 0 Å². The molecule has 0 radical (unpaired) electrons. The van der Waals surface area contributed by atoms with Gasteiger partial charge in [0.05, 0.1) is 12.1 Å². The molecule has 3 heterocycles. The van der Waals surface area contributed by atoms with Crippen LogP contribution < -0.4 is 0 Å². The van der Waals surface area contributed by atoms with Gasteiger partial charge in [-0.05, 0) is 62.1 Å². The van der Waals surface area contributed by atoms with Crippen LogP contribution in [0.1, 0.15) is 63.4 Å². The lowest BCUT2D eigenvalue weighted by atomic mass is 9.68. The fourth-order valence-electron chi connectivity index (χ4n) is 5.67. The zero-order valence-corrected chi connectivity index (χ0v) is 16.9. The lowest BCUT2D eigenvalue weighted by Gasteiger charge is -2.62. The Morgan fingerprint density at radius 2 is 1.75 bits per heavy atom. The molecular formula is C23H33N3O2. The van der Waals surface area contributed by atoms with Crippen molar-refractivity contribution < 1.29 is 9.53 Å². The van der Waals surface area contributed by atoms with Crippen molar-refractivity contribution in [3.8, 4) is 0 Å². The summed E-state index contributed by atoms with van der Waals surface area (Å²) >= 11 is 0. The number of rotatable bonds is 6.